The minimum atomic E-state index is -0.601. The fraction of sp³-hybridized carbons (Fsp3) is 0.333. The molecule has 1 unspecified atom stereocenters. The molecule has 0 saturated carbocycles. The number of fused-ring (bicyclic) bond motifs is 1. The zero-order valence-electron chi connectivity index (χ0n) is 26.1. The molecule has 0 radical (unpaired) electrons. The van der Waals surface area contributed by atoms with Gasteiger partial charge in [0.1, 0.15) is 0 Å². The number of aliphatic hydroxyl groups excluding tert-OH is 1. The van der Waals surface area contributed by atoms with E-state index >= 15 is 0 Å². The highest BCUT2D eigenvalue weighted by atomic mass is 35.5. The number of ether oxygens (including phenoxy) is 1. The van der Waals surface area contributed by atoms with E-state index in [1.807, 2.05) is 59.3 Å². The first-order valence-corrected chi connectivity index (χ1v) is 16.5. The van der Waals surface area contributed by atoms with Crippen molar-refractivity contribution in [3.63, 3.8) is 0 Å². The van der Waals surface area contributed by atoms with Crippen LogP contribution in [0.15, 0.2) is 66.7 Å². The van der Waals surface area contributed by atoms with Crippen LogP contribution in [0.3, 0.4) is 0 Å². The molecule has 11 heteroatoms. The fourth-order valence-electron chi connectivity index (χ4n) is 5.97. The molecule has 0 spiro atoms. The molecule has 3 heterocycles. The normalized spacial score (nSPS) is 15.5. The molecule has 0 bridgehead atoms. The van der Waals surface area contributed by atoms with Gasteiger partial charge >= 0.3 is 6.03 Å². The average molecular weight is 674 g/mol. The number of benzene rings is 3. The van der Waals surface area contributed by atoms with E-state index in [4.69, 9.17) is 38.8 Å². The van der Waals surface area contributed by atoms with Gasteiger partial charge in [0.15, 0.2) is 0 Å². The molecule has 2 amide bonds. The largest absolute Gasteiger partial charge is 0.390 e. The van der Waals surface area contributed by atoms with Gasteiger partial charge in [-0.3, -0.25) is 9.58 Å². The van der Waals surface area contributed by atoms with Crippen LogP contribution < -0.4 is 11.1 Å². The Bertz CT molecular complexity index is 1760. The zero-order valence-corrected chi connectivity index (χ0v) is 27.6. The van der Waals surface area contributed by atoms with Crippen molar-refractivity contribution in [2.75, 3.05) is 39.4 Å². The van der Waals surface area contributed by atoms with E-state index in [-0.39, 0.29) is 0 Å². The second-order valence-electron chi connectivity index (χ2n) is 11.9. The van der Waals surface area contributed by atoms with Crippen molar-refractivity contribution in [2.24, 2.45) is 5.73 Å². The molecule has 47 heavy (non-hydrogen) atoms. The molecular weight excluding hydrogens is 635 g/mol. The van der Waals surface area contributed by atoms with Crippen LogP contribution in [0.2, 0.25) is 10.0 Å². The number of amides is 2. The number of primary amides is 1. The number of halogens is 2. The lowest BCUT2D eigenvalue weighted by atomic mass is 9.99. The maximum absolute atomic E-state index is 12.1. The van der Waals surface area contributed by atoms with Gasteiger partial charge in [0.05, 0.1) is 43.1 Å². The Kier molecular flexibility index (Phi) is 10.8. The number of nitrogens with zero attached hydrogens (tertiary/aromatic N) is 4. The maximum atomic E-state index is 12.1. The van der Waals surface area contributed by atoms with Crippen LogP contribution in [0.1, 0.15) is 33.5 Å². The molecule has 1 saturated heterocycles. The Hall–Kier alpha value is -3.88. The summed E-state index contributed by atoms with van der Waals surface area (Å²) >= 11 is 12.6. The predicted molar refractivity (Wildman–Crippen MR) is 184 cm³/mol. The Morgan fingerprint density at radius 2 is 1.66 bits per heavy atom. The van der Waals surface area contributed by atoms with Crippen molar-refractivity contribution in [3.8, 4) is 23.1 Å². The number of aromatic nitrogens is 2. The predicted octanol–water partition coefficient (Wildman–Crippen LogP) is 4.68. The Labute approximate surface area is 285 Å². The van der Waals surface area contributed by atoms with Crippen LogP contribution in [-0.4, -0.2) is 76.2 Å². The summed E-state index contributed by atoms with van der Waals surface area (Å²) in [4.78, 5) is 15.9. The first-order valence-electron chi connectivity index (χ1n) is 15.8. The molecular formula is C36H38Cl2N6O3. The van der Waals surface area contributed by atoms with Gasteiger partial charge in [-0.05, 0) is 47.5 Å². The molecule has 1 atom stereocenters. The van der Waals surface area contributed by atoms with Gasteiger partial charge in [-0.25, -0.2) is 4.79 Å². The number of carbonyl (C=O) groups excluding carboxylic acids is 1. The number of nitrogens with one attached hydrogen (secondary N) is 1. The minimum absolute atomic E-state index is 0.350. The lowest BCUT2D eigenvalue weighted by Crippen LogP contribution is -2.42. The molecule has 4 N–H and O–H groups in total. The standard InChI is InChI=1S/C36H38Cl2N6O3/c37-30-10-6-27(7-11-30)21-40-20-26-3-1-25(2-4-26)5-8-28-19-29(9-12-33(28)38)35-32-24-43(36(39)46)14-13-34(32)44(41-35)23-31(45)22-42-15-17-47-18-16-42/h1-4,6-7,9-12,19,31,40,45H,13-18,20-24H2,(H2,39,46). The summed E-state index contributed by atoms with van der Waals surface area (Å²) in [6.07, 6.45) is -0.000896. The summed E-state index contributed by atoms with van der Waals surface area (Å²) in [7, 11) is 0. The van der Waals surface area contributed by atoms with E-state index < -0.39 is 12.1 Å². The van der Waals surface area contributed by atoms with Gasteiger partial charge < -0.3 is 25.8 Å². The minimum Gasteiger partial charge on any atom is -0.390 e. The van der Waals surface area contributed by atoms with Crippen LogP contribution in [-0.2, 0) is 37.3 Å². The quantitative estimate of drug-likeness (QED) is 0.223. The number of carbonyl (C=O) groups is 1. The lowest BCUT2D eigenvalue weighted by Gasteiger charge is -2.29. The van der Waals surface area contributed by atoms with Crippen LogP contribution in [0.25, 0.3) is 11.3 Å². The number of nitrogens with two attached hydrogens (primary N) is 1. The molecule has 6 rings (SSSR count). The SMILES string of the molecule is NC(=O)N1CCc2c(c(-c3ccc(Cl)c(C#Cc4ccc(CNCc5ccc(Cl)cc5)cc4)c3)nn2CC(O)CN2CCOCC2)C1. The summed E-state index contributed by atoms with van der Waals surface area (Å²) in [5, 5.41) is 20.7. The van der Waals surface area contributed by atoms with Crippen molar-refractivity contribution in [1.82, 2.24) is 24.9 Å². The molecule has 1 aromatic heterocycles. The summed E-state index contributed by atoms with van der Waals surface area (Å²) in [5.74, 6) is 6.48. The van der Waals surface area contributed by atoms with Crippen molar-refractivity contribution in [1.29, 1.82) is 0 Å². The number of hydrogen-bond donors (Lipinski definition) is 3. The molecule has 244 valence electrons. The Morgan fingerprint density at radius 3 is 2.36 bits per heavy atom. The number of urea groups is 1. The number of aliphatic hydroxyl groups is 1. The highest BCUT2D eigenvalue weighted by Gasteiger charge is 2.28. The van der Waals surface area contributed by atoms with E-state index in [1.165, 1.54) is 5.56 Å². The highest BCUT2D eigenvalue weighted by Crippen LogP contribution is 2.32. The van der Waals surface area contributed by atoms with Crippen LogP contribution in [0.4, 0.5) is 4.79 Å². The molecule has 2 aliphatic rings. The van der Waals surface area contributed by atoms with E-state index in [1.54, 1.807) is 4.90 Å². The van der Waals surface area contributed by atoms with E-state index in [9.17, 15) is 9.90 Å². The summed E-state index contributed by atoms with van der Waals surface area (Å²) < 4.78 is 7.33. The smallest absolute Gasteiger partial charge is 0.315 e. The van der Waals surface area contributed by atoms with Crippen LogP contribution >= 0.6 is 23.2 Å². The monoisotopic (exact) mass is 672 g/mol. The topological polar surface area (TPSA) is 109 Å². The number of rotatable bonds is 9. The molecule has 9 nitrogen and oxygen atoms in total. The van der Waals surface area contributed by atoms with E-state index in [0.717, 1.165) is 64.8 Å². The van der Waals surface area contributed by atoms with Crippen LogP contribution in [0, 0.1) is 11.8 Å². The first-order chi connectivity index (χ1) is 22.8. The van der Waals surface area contributed by atoms with Gasteiger partial charge in [-0.2, -0.15) is 5.10 Å². The summed E-state index contributed by atoms with van der Waals surface area (Å²) in [6, 6.07) is 21.2. The molecule has 3 aromatic carbocycles. The molecule has 0 aliphatic carbocycles. The second-order valence-corrected chi connectivity index (χ2v) is 12.7. The average Bonchev–Trinajstić information content (AvgIpc) is 3.43. The second kappa shape index (κ2) is 15.3. The maximum Gasteiger partial charge on any atom is 0.315 e. The van der Waals surface area contributed by atoms with Gasteiger partial charge in [0, 0.05) is 78.7 Å². The van der Waals surface area contributed by atoms with Crippen molar-refractivity contribution >= 4 is 29.2 Å². The molecule has 1 fully saturated rings. The fourth-order valence-corrected chi connectivity index (χ4v) is 6.26. The van der Waals surface area contributed by atoms with Crippen molar-refractivity contribution in [3.05, 3.63) is 110 Å². The van der Waals surface area contributed by atoms with E-state index in [2.05, 4.69) is 34.2 Å². The Balaban J connectivity index is 1.18. The summed E-state index contributed by atoms with van der Waals surface area (Å²) in [5.41, 5.74) is 13.1. The molecule has 4 aromatic rings. The zero-order chi connectivity index (χ0) is 32.8. The number of morpholine rings is 1. The van der Waals surface area contributed by atoms with Gasteiger partial charge in [0.25, 0.3) is 0 Å². The van der Waals surface area contributed by atoms with Gasteiger partial charge in [-0.15, -0.1) is 0 Å². The van der Waals surface area contributed by atoms with Crippen molar-refractivity contribution < 1.29 is 14.6 Å². The number of β-amino-alcohol motifs (C(OH)–C–C–N with tert-alkyl or cyclic N) is 1. The summed E-state index contributed by atoms with van der Waals surface area (Å²) in [6.45, 7) is 6.18. The third-order valence-electron chi connectivity index (χ3n) is 8.51. The number of hydrogen-bond acceptors (Lipinski definition) is 6. The van der Waals surface area contributed by atoms with Gasteiger partial charge in [0.2, 0.25) is 0 Å². The van der Waals surface area contributed by atoms with E-state index in [0.29, 0.717) is 56.4 Å². The third-order valence-corrected chi connectivity index (χ3v) is 9.09. The highest BCUT2D eigenvalue weighted by molar-refractivity contribution is 6.31. The van der Waals surface area contributed by atoms with Crippen molar-refractivity contribution in [2.45, 2.75) is 38.7 Å². The van der Waals surface area contributed by atoms with Crippen LogP contribution in [0.5, 0.6) is 0 Å². The molecule has 2 aliphatic heterocycles. The van der Waals surface area contributed by atoms with Gasteiger partial charge in [-0.1, -0.05) is 65.4 Å². The Morgan fingerprint density at radius 1 is 0.957 bits per heavy atom. The lowest BCUT2D eigenvalue weighted by molar-refractivity contribution is 0.0106. The third kappa shape index (κ3) is 8.54. The first kappa shape index (κ1) is 33.0.